The standard InChI is InChI=1S/C16H10Cl3NO3/c17-11-2-4-14-10(6-11)7-15(23-16(21)22)20(14)8-9-1-3-12(18)13(19)5-9/h1-7H,8H2,(H,21,22). The molecule has 23 heavy (non-hydrogen) atoms. The second kappa shape index (κ2) is 6.32. The number of aromatic nitrogens is 1. The Morgan fingerprint density at radius 2 is 1.83 bits per heavy atom. The molecule has 0 aliphatic rings. The first-order valence-electron chi connectivity index (χ1n) is 6.57. The van der Waals surface area contributed by atoms with Gasteiger partial charge in [0.25, 0.3) is 0 Å². The average molecular weight is 371 g/mol. The zero-order valence-corrected chi connectivity index (χ0v) is 13.9. The van der Waals surface area contributed by atoms with Gasteiger partial charge in [-0.15, -0.1) is 0 Å². The van der Waals surface area contributed by atoms with Crippen LogP contribution >= 0.6 is 34.8 Å². The van der Waals surface area contributed by atoms with Crippen molar-refractivity contribution in [3.05, 3.63) is 63.1 Å². The van der Waals surface area contributed by atoms with Crippen molar-refractivity contribution in [2.24, 2.45) is 0 Å². The van der Waals surface area contributed by atoms with Crippen molar-refractivity contribution in [1.29, 1.82) is 0 Å². The Labute approximate surface area is 146 Å². The lowest BCUT2D eigenvalue weighted by Crippen LogP contribution is -2.09. The fourth-order valence-electron chi connectivity index (χ4n) is 2.37. The molecule has 1 aromatic heterocycles. The number of carboxylic acid groups (broad SMARTS) is 1. The topological polar surface area (TPSA) is 51.5 Å². The Morgan fingerprint density at radius 1 is 1.04 bits per heavy atom. The fraction of sp³-hybridized carbons (Fsp3) is 0.0625. The lowest BCUT2D eigenvalue weighted by Gasteiger charge is -2.10. The molecule has 3 rings (SSSR count). The van der Waals surface area contributed by atoms with Crippen molar-refractivity contribution in [2.45, 2.75) is 6.54 Å². The number of rotatable bonds is 3. The highest BCUT2D eigenvalue weighted by atomic mass is 35.5. The van der Waals surface area contributed by atoms with Crippen LogP contribution in [-0.4, -0.2) is 15.8 Å². The normalized spacial score (nSPS) is 10.9. The summed E-state index contributed by atoms with van der Waals surface area (Å²) >= 11 is 17.9. The third kappa shape index (κ3) is 3.39. The molecule has 1 heterocycles. The summed E-state index contributed by atoms with van der Waals surface area (Å²) in [5.41, 5.74) is 1.67. The molecule has 0 spiro atoms. The van der Waals surface area contributed by atoms with E-state index in [-0.39, 0.29) is 5.88 Å². The summed E-state index contributed by atoms with van der Waals surface area (Å²) in [6, 6.07) is 12.2. The van der Waals surface area contributed by atoms with E-state index in [1.807, 2.05) is 12.1 Å². The van der Waals surface area contributed by atoms with E-state index < -0.39 is 6.16 Å². The number of ether oxygens (including phenoxy) is 1. The van der Waals surface area contributed by atoms with Gasteiger partial charge in [-0.2, -0.15) is 0 Å². The summed E-state index contributed by atoms with van der Waals surface area (Å²) in [4.78, 5) is 10.9. The van der Waals surface area contributed by atoms with E-state index in [4.69, 9.17) is 44.6 Å². The summed E-state index contributed by atoms with van der Waals surface area (Å²) in [5, 5.41) is 11.2. The minimum Gasteiger partial charge on any atom is -0.449 e. The smallest absolute Gasteiger partial charge is 0.449 e. The van der Waals surface area contributed by atoms with Crippen LogP contribution in [0, 0.1) is 0 Å². The van der Waals surface area contributed by atoms with Gasteiger partial charge in [0.2, 0.25) is 5.88 Å². The summed E-state index contributed by atoms with van der Waals surface area (Å²) in [7, 11) is 0. The molecule has 3 aromatic rings. The maximum Gasteiger partial charge on any atom is 0.512 e. The molecule has 0 bridgehead atoms. The van der Waals surface area contributed by atoms with Crippen molar-refractivity contribution >= 4 is 51.9 Å². The Balaban J connectivity index is 2.09. The molecular formula is C16H10Cl3NO3. The van der Waals surface area contributed by atoms with Crippen LogP contribution in [0.15, 0.2) is 42.5 Å². The highest BCUT2D eigenvalue weighted by Gasteiger charge is 2.14. The minimum absolute atomic E-state index is 0.209. The molecular weight excluding hydrogens is 361 g/mol. The predicted molar refractivity (Wildman–Crippen MR) is 91.2 cm³/mol. The predicted octanol–water partition coefficient (Wildman–Crippen LogP) is 5.71. The zero-order chi connectivity index (χ0) is 16.6. The van der Waals surface area contributed by atoms with Crippen LogP contribution in [0.5, 0.6) is 5.88 Å². The Morgan fingerprint density at radius 3 is 2.52 bits per heavy atom. The van der Waals surface area contributed by atoms with Gasteiger partial charge in [-0.1, -0.05) is 40.9 Å². The Kier molecular flexibility index (Phi) is 4.39. The number of hydrogen-bond acceptors (Lipinski definition) is 2. The first-order chi connectivity index (χ1) is 10.9. The van der Waals surface area contributed by atoms with Crippen LogP contribution in [0.3, 0.4) is 0 Å². The van der Waals surface area contributed by atoms with Crippen molar-refractivity contribution in [3.63, 3.8) is 0 Å². The number of nitrogens with zero attached hydrogens (tertiary/aromatic N) is 1. The Bertz CT molecular complexity index is 905. The van der Waals surface area contributed by atoms with E-state index in [0.717, 1.165) is 16.5 Å². The highest BCUT2D eigenvalue weighted by Crippen LogP contribution is 2.30. The number of carbonyl (C=O) groups is 1. The van der Waals surface area contributed by atoms with Gasteiger partial charge in [-0.25, -0.2) is 4.79 Å². The molecule has 4 nitrogen and oxygen atoms in total. The molecule has 0 saturated carbocycles. The molecule has 1 N–H and O–H groups in total. The van der Waals surface area contributed by atoms with E-state index in [1.54, 1.807) is 34.9 Å². The van der Waals surface area contributed by atoms with Crippen molar-refractivity contribution < 1.29 is 14.6 Å². The van der Waals surface area contributed by atoms with Gasteiger partial charge < -0.3 is 14.4 Å². The largest absolute Gasteiger partial charge is 0.512 e. The van der Waals surface area contributed by atoms with Gasteiger partial charge in [0.15, 0.2) is 0 Å². The average Bonchev–Trinajstić information content (AvgIpc) is 2.79. The summed E-state index contributed by atoms with van der Waals surface area (Å²) in [6.07, 6.45) is -1.38. The van der Waals surface area contributed by atoms with E-state index in [1.165, 1.54) is 0 Å². The number of halogens is 3. The molecule has 0 aliphatic heterocycles. The second-order valence-corrected chi connectivity index (χ2v) is 6.14. The third-order valence-electron chi connectivity index (χ3n) is 3.34. The number of fused-ring (bicyclic) bond motifs is 1. The number of hydrogen-bond donors (Lipinski definition) is 1. The van der Waals surface area contributed by atoms with Gasteiger partial charge in [0.05, 0.1) is 22.1 Å². The zero-order valence-electron chi connectivity index (χ0n) is 11.6. The molecule has 0 aliphatic carbocycles. The maximum atomic E-state index is 10.9. The van der Waals surface area contributed by atoms with Gasteiger partial charge in [-0.05, 0) is 35.9 Å². The highest BCUT2D eigenvalue weighted by molar-refractivity contribution is 6.42. The van der Waals surface area contributed by atoms with E-state index in [9.17, 15) is 4.79 Å². The van der Waals surface area contributed by atoms with E-state index >= 15 is 0 Å². The second-order valence-electron chi connectivity index (χ2n) is 4.89. The molecule has 0 fully saturated rings. The molecule has 118 valence electrons. The Hall–Kier alpha value is -1.88. The molecule has 2 aromatic carbocycles. The molecule has 7 heteroatoms. The quantitative estimate of drug-likeness (QED) is 0.601. The number of benzene rings is 2. The summed E-state index contributed by atoms with van der Waals surface area (Å²) < 4.78 is 6.61. The van der Waals surface area contributed by atoms with Crippen LogP contribution in [0.4, 0.5) is 4.79 Å². The maximum absolute atomic E-state index is 10.9. The van der Waals surface area contributed by atoms with Crippen LogP contribution in [0.2, 0.25) is 15.1 Å². The first-order valence-corrected chi connectivity index (χ1v) is 7.71. The van der Waals surface area contributed by atoms with Crippen molar-refractivity contribution in [3.8, 4) is 5.88 Å². The van der Waals surface area contributed by atoms with Crippen LogP contribution in [-0.2, 0) is 6.54 Å². The fourth-order valence-corrected chi connectivity index (χ4v) is 2.88. The van der Waals surface area contributed by atoms with Gasteiger partial charge in [-0.3, -0.25) is 0 Å². The van der Waals surface area contributed by atoms with Gasteiger partial charge >= 0.3 is 6.16 Å². The molecule has 0 saturated heterocycles. The van der Waals surface area contributed by atoms with E-state index in [0.29, 0.717) is 21.6 Å². The molecule has 0 radical (unpaired) electrons. The van der Waals surface area contributed by atoms with Gasteiger partial charge in [0, 0.05) is 16.5 Å². The van der Waals surface area contributed by atoms with Crippen LogP contribution < -0.4 is 4.74 Å². The SMILES string of the molecule is O=C(O)Oc1cc2cc(Cl)ccc2n1Cc1ccc(Cl)c(Cl)c1. The van der Waals surface area contributed by atoms with E-state index in [2.05, 4.69) is 0 Å². The van der Waals surface area contributed by atoms with Crippen molar-refractivity contribution in [2.75, 3.05) is 0 Å². The molecule has 0 amide bonds. The minimum atomic E-state index is -1.38. The van der Waals surface area contributed by atoms with Gasteiger partial charge in [0.1, 0.15) is 0 Å². The third-order valence-corrected chi connectivity index (χ3v) is 4.32. The monoisotopic (exact) mass is 369 g/mol. The van der Waals surface area contributed by atoms with Crippen LogP contribution in [0.1, 0.15) is 5.56 Å². The van der Waals surface area contributed by atoms with Crippen molar-refractivity contribution in [1.82, 2.24) is 4.57 Å². The van der Waals surface area contributed by atoms with Crippen LogP contribution in [0.25, 0.3) is 10.9 Å². The summed E-state index contributed by atoms with van der Waals surface area (Å²) in [5.74, 6) is 0.209. The molecule has 0 atom stereocenters. The lowest BCUT2D eigenvalue weighted by molar-refractivity contribution is 0.141. The molecule has 0 unspecified atom stereocenters. The summed E-state index contributed by atoms with van der Waals surface area (Å²) in [6.45, 7) is 0.380. The first kappa shape index (κ1) is 16.0. The lowest BCUT2D eigenvalue weighted by atomic mass is 10.2.